The second-order valence-corrected chi connectivity index (χ2v) is 8.28. The van der Waals surface area contributed by atoms with Crippen LogP contribution in [0, 0.1) is 0 Å². The van der Waals surface area contributed by atoms with Crippen LogP contribution in [0.3, 0.4) is 0 Å². The minimum atomic E-state index is -0.678. The number of ether oxygens (including phenoxy) is 1. The zero-order chi connectivity index (χ0) is 22.5. The summed E-state index contributed by atoms with van der Waals surface area (Å²) in [5, 5.41) is 2.94. The van der Waals surface area contributed by atoms with Gasteiger partial charge in [0.1, 0.15) is 12.1 Å². The molecule has 4 heterocycles. The van der Waals surface area contributed by atoms with E-state index in [2.05, 4.69) is 37.1 Å². The minimum Gasteiger partial charge on any atom is -0.434 e. The molecule has 1 saturated heterocycles. The maximum absolute atomic E-state index is 11.8. The lowest BCUT2D eigenvalue weighted by molar-refractivity contribution is -0.117. The van der Waals surface area contributed by atoms with Crippen LogP contribution in [0.25, 0.3) is 0 Å². The standard InChI is InChI=1S/C20H24N8O3S/c1-13(21)17(29)25-19-22-12-23-20(26-19)32-14-5-6-15(28-9-7-27(2)8-10-28)24-18(14)31-16-4-3-11-30-16/h3-6,11-13H,7-10,21H2,1-2H3,(H,22,23,25,26,29). The van der Waals surface area contributed by atoms with Gasteiger partial charge < -0.3 is 24.7 Å². The van der Waals surface area contributed by atoms with Gasteiger partial charge in [-0.15, -0.1) is 0 Å². The number of carbonyl (C=O) groups is 1. The predicted octanol–water partition coefficient (Wildman–Crippen LogP) is 1.84. The molecule has 0 aromatic carbocycles. The van der Waals surface area contributed by atoms with Gasteiger partial charge in [0.15, 0.2) is 5.16 Å². The van der Waals surface area contributed by atoms with Crippen molar-refractivity contribution in [3.63, 3.8) is 0 Å². The van der Waals surface area contributed by atoms with E-state index in [1.807, 2.05) is 12.1 Å². The average molecular weight is 457 g/mol. The summed E-state index contributed by atoms with van der Waals surface area (Å²) < 4.78 is 11.2. The van der Waals surface area contributed by atoms with Gasteiger partial charge in [0.2, 0.25) is 17.7 Å². The Kier molecular flexibility index (Phi) is 6.83. The molecule has 3 aromatic rings. The van der Waals surface area contributed by atoms with Gasteiger partial charge in [0, 0.05) is 32.2 Å². The summed E-state index contributed by atoms with van der Waals surface area (Å²) in [6.45, 7) is 5.28. The predicted molar refractivity (Wildman–Crippen MR) is 119 cm³/mol. The SMILES string of the molecule is CC(N)C(=O)Nc1ncnc(Sc2ccc(N3CCN(C)CC3)nc2Oc2ccco2)n1. The lowest BCUT2D eigenvalue weighted by atomic mass is 10.3. The summed E-state index contributed by atoms with van der Waals surface area (Å²) in [6.07, 6.45) is 2.86. The van der Waals surface area contributed by atoms with Gasteiger partial charge in [-0.3, -0.25) is 10.1 Å². The number of aromatic nitrogens is 4. The molecule has 32 heavy (non-hydrogen) atoms. The molecule has 0 radical (unpaired) electrons. The van der Waals surface area contributed by atoms with Gasteiger partial charge in [-0.2, -0.15) is 9.97 Å². The maximum Gasteiger partial charge on any atom is 0.291 e. The first-order chi connectivity index (χ1) is 15.5. The molecule has 1 aliphatic heterocycles. The van der Waals surface area contributed by atoms with Crippen molar-refractivity contribution >= 4 is 29.4 Å². The molecule has 1 aliphatic rings. The van der Waals surface area contributed by atoms with E-state index in [0.717, 1.165) is 32.0 Å². The second kappa shape index (κ2) is 9.94. The van der Waals surface area contributed by atoms with Crippen LogP contribution in [-0.4, -0.2) is 70.0 Å². The van der Waals surface area contributed by atoms with E-state index in [-0.39, 0.29) is 11.9 Å². The van der Waals surface area contributed by atoms with Crippen molar-refractivity contribution in [3.05, 3.63) is 36.9 Å². The summed E-state index contributed by atoms with van der Waals surface area (Å²) in [7, 11) is 2.11. The molecule has 3 aromatic heterocycles. The first-order valence-electron chi connectivity index (χ1n) is 10.1. The van der Waals surface area contributed by atoms with Crippen LogP contribution in [0.4, 0.5) is 11.8 Å². The van der Waals surface area contributed by atoms with Crippen LogP contribution < -0.4 is 20.7 Å². The number of rotatable bonds is 7. The van der Waals surface area contributed by atoms with Crippen LogP contribution in [-0.2, 0) is 4.79 Å². The van der Waals surface area contributed by atoms with Crippen molar-refractivity contribution in [2.45, 2.75) is 23.0 Å². The molecule has 168 valence electrons. The van der Waals surface area contributed by atoms with E-state index in [9.17, 15) is 4.79 Å². The number of nitrogens with two attached hydrogens (primary N) is 1. The summed E-state index contributed by atoms with van der Waals surface area (Å²) in [6, 6.07) is 6.63. The molecule has 0 aliphatic carbocycles. The second-order valence-electron chi connectivity index (χ2n) is 7.27. The quantitative estimate of drug-likeness (QED) is 0.539. The number of nitrogens with zero attached hydrogens (tertiary/aromatic N) is 6. The third-order valence-corrected chi connectivity index (χ3v) is 5.64. The van der Waals surface area contributed by atoms with Gasteiger partial charge >= 0.3 is 0 Å². The van der Waals surface area contributed by atoms with E-state index in [1.165, 1.54) is 24.4 Å². The Morgan fingerprint density at radius 3 is 2.75 bits per heavy atom. The highest BCUT2D eigenvalue weighted by Gasteiger charge is 2.19. The minimum absolute atomic E-state index is 0.125. The molecular formula is C20H24N8O3S. The van der Waals surface area contributed by atoms with Crippen LogP contribution >= 0.6 is 11.8 Å². The number of hydrogen-bond donors (Lipinski definition) is 2. The van der Waals surface area contributed by atoms with Gasteiger partial charge in [0.05, 0.1) is 17.2 Å². The molecule has 0 saturated carbocycles. The van der Waals surface area contributed by atoms with Crippen molar-refractivity contribution in [2.75, 3.05) is 43.4 Å². The van der Waals surface area contributed by atoms with E-state index in [0.29, 0.717) is 21.9 Å². The van der Waals surface area contributed by atoms with Crippen LogP contribution in [0.5, 0.6) is 11.8 Å². The monoisotopic (exact) mass is 456 g/mol. The summed E-state index contributed by atoms with van der Waals surface area (Å²) in [4.78, 5) is 34.2. The van der Waals surface area contributed by atoms with E-state index in [4.69, 9.17) is 19.9 Å². The molecule has 1 atom stereocenters. The van der Waals surface area contributed by atoms with Gasteiger partial charge in [-0.05, 0) is 43.9 Å². The topological polar surface area (TPSA) is 136 Å². The molecule has 1 fully saturated rings. The number of anilines is 2. The van der Waals surface area contributed by atoms with Gasteiger partial charge in [0.25, 0.3) is 5.95 Å². The molecule has 1 amide bonds. The van der Waals surface area contributed by atoms with Crippen molar-refractivity contribution < 1.29 is 13.9 Å². The number of piperazine rings is 1. The van der Waals surface area contributed by atoms with Crippen LogP contribution in [0.1, 0.15) is 6.92 Å². The lowest BCUT2D eigenvalue weighted by Crippen LogP contribution is -2.44. The number of carbonyl (C=O) groups excluding carboxylic acids is 1. The zero-order valence-corrected chi connectivity index (χ0v) is 18.6. The van der Waals surface area contributed by atoms with Crippen molar-refractivity contribution in [2.24, 2.45) is 5.73 Å². The number of nitrogens with one attached hydrogen (secondary N) is 1. The molecule has 1 unspecified atom stereocenters. The molecule has 3 N–H and O–H groups in total. The van der Waals surface area contributed by atoms with Gasteiger partial charge in [-0.25, -0.2) is 9.97 Å². The van der Waals surface area contributed by atoms with E-state index >= 15 is 0 Å². The first-order valence-corrected chi connectivity index (χ1v) is 10.9. The molecule has 12 heteroatoms. The lowest BCUT2D eigenvalue weighted by Gasteiger charge is -2.33. The third kappa shape index (κ3) is 5.52. The maximum atomic E-state index is 11.8. The van der Waals surface area contributed by atoms with Crippen LogP contribution in [0.15, 0.2) is 51.3 Å². The number of pyridine rings is 1. The summed E-state index contributed by atoms with van der Waals surface area (Å²) >= 11 is 1.24. The third-order valence-electron chi connectivity index (χ3n) is 4.73. The average Bonchev–Trinajstić information content (AvgIpc) is 3.29. The van der Waals surface area contributed by atoms with Gasteiger partial charge in [-0.1, -0.05) is 0 Å². The fourth-order valence-corrected chi connectivity index (χ4v) is 3.65. The Hall–Kier alpha value is -3.22. The Bertz CT molecular complexity index is 1050. The highest BCUT2D eigenvalue weighted by atomic mass is 32.2. The number of likely N-dealkylation sites (N-methyl/N-ethyl adjacent to an activating group) is 1. The van der Waals surface area contributed by atoms with E-state index in [1.54, 1.807) is 19.1 Å². The molecule has 0 spiro atoms. The number of furan rings is 1. The highest BCUT2D eigenvalue weighted by molar-refractivity contribution is 7.99. The fourth-order valence-electron chi connectivity index (χ4n) is 2.91. The summed E-state index contributed by atoms with van der Waals surface area (Å²) in [5.41, 5.74) is 5.58. The van der Waals surface area contributed by atoms with Crippen molar-refractivity contribution in [1.82, 2.24) is 24.8 Å². The van der Waals surface area contributed by atoms with Crippen LogP contribution in [0.2, 0.25) is 0 Å². The number of hydrogen-bond acceptors (Lipinski definition) is 11. The molecule has 0 bridgehead atoms. The first kappa shape index (κ1) is 22.0. The molecule has 11 nitrogen and oxygen atoms in total. The Morgan fingerprint density at radius 2 is 2.03 bits per heavy atom. The number of amides is 1. The van der Waals surface area contributed by atoms with Crippen molar-refractivity contribution in [1.29, 1.82) is 0 Å². The Morgan fingerprint density at radius 1 is 1.22 bits per heavy atom. The normalized spacial score (nSPS) is 15.4. The van der Waals surface area contributed by atoms with E-state index < -0.39 is 6.04 Å². The Balaban J connectivity index is 1.58. The largest absolute Gasteiger partial charge is 0.434 e. The molecule has 4 rings (SSSR count). The summed E-state index contributed by atoms with van der Waals surface area (Å²) in [5.74, 6) is 1.27. The highest BCUT2D eigenvalue weighted by Crippen LogP contribution is 2.36. The fraction of sp³-hybridized carbons (Fsp3) is 0.350. The zero-order valence-electron chi connectivity index (χ0n) is 17.8. The Labute approximate surface area is 189 Å². The molecular weight excluding hydrogens is 432 g/mol. The van der Waals surface area contributed by atoms with Crippen molar-refractivity contribution in [3.8, 4) is 11.8 Å². The smallest absolute Gasteiger partial charge is 0.291 e.